The summed E-state index contributed by atoms with van der Waals surface area (Å²) in [6.45, 7) is 10.1. The second-order valence-corrected chi connectivity index (χ2v) is 8.10. The van der Waals surface area contributed by atoms with E-state index in [4.69, 9.17) is 4.74 Å². The van der Waals surface area contributed by atoms with Crippen LogP contribution < -0.4 is 5.32 Å². The minimum atomic E-state index is -4.04. The van der Waals surface area contributed by atoms with Gasteiger partial charge in [0, 0.05) is 31.7 Å². The number of hydrogen-bond acceptors (Lipinski definition) is 3. The minimum Gasteiger partial charge on any atom is -0.377 e. The molecule has 3 nitrogen and oxygen atoms in total. The molecule has 0 unspecified atom stereocenters. The third-order valence-corrected chi connectivity index (χ3v) is 5.04. The van der Waals surface area contributed by atoms with Crippen molar-refractivity contribution in [2.75, 3.05) is 32.8 Å². The molecule has 0 amide bonds. The van der Waals surface area contributed by atoms with Gasteiger partial charge in [-0.3, -0.25) is 0 Å². The Balaban J connectivity index is 1.67. The van der Waals surface area contributed by atoms with E-state index in [0.717, 1.165) is 45.5 Å². The van der Waals surface area contributed by atoms with Gasteiger partial charge >= 0.3 is 6.18 Å². The Morgan fingerprint density at radius 1 is 1.09 bits per heavy atom. The molecular formula is C17H31F3N2O. The molecule has 6 heteroatoms. The number of nitrogens with one attached hydrogen (secondary N) is 1. The van der Waals surface area contributed by atoms with E-state index in [9.17, 15) is 13.2 Å². The summed E-state index contributed by atoms with van der Waals surface area (Å²) in [6.07, 6.45) is -1.48. The van der Waals surface area contributed by atoms with Gasteiger partial charge in [-0.05, 0) is 37.8 Å². The normalized spacial score (nSPS) is 28.4. The molecule has 136 valence electrons. The Morgan fingerprint density at radius 2 is 1.74 bits per heavy atom. The number of ether oxygens (including phenoxy) is 1. The first kappa shape index (κ1) is 19.0. The predicted molar refractivity (Wildman–Crippen MR) is 85.4 cm³/mol. The predicted octanol–water partition coefficient (Wildman–Crippen LogP) is 3.44. The Morgan fingerprint density at radius 3 is 2.30 bits per heavy atom. The van der Waals surface area contributed by atoms with E-state index < -0.39 is 12.6 Å². The van der Waals surface area contributed by atoms with Crippen LogP contribution in [0.5, 0.6) is 0 Å². The number of hydrogen-bond donors (Lipinski definition) is 1. The SMILES string of the molecule is CC(C)(C)[C@H]1OCC[C@@H]1CNC1CCN(CCC(F)(F)F)CC1. The van der Waals surface area contributed by atoms with Crippen LogP contribution in [0.1, 0.15) is 46.5 Å². The Kier molecular flexibility index (Phi) is 6.36. The van der Waals surface area contributed by atoms with Crippen LogP contribution in [0.2, 0.25) is 0 Å². The maximum Gasteiger partial charge on any atom is 0.390 e. The Hall–Kier alpha value is -0.330. The number of halogens is 3. The first-order chi connectivity index (χ1) is 10.6. The van der Waals surface area contributed by atoms with Crippen molar-refractivity contribution in [2.24, 2.45) is 11.3 Å². The third kappa shape index (κ3) is 6.24. The summed E-state index contributed by atoms with van der Waals surface area (Å²) in [5, 5.41) is 3.63. The van der Waals surface area contributed by atoms with Gasteiger partial charge in [-0.1, -0.05) is 20.8 Å². The molecular weight excluding hydrogens is 305 g/mol. The van der Waals surface area contributed by atoms with Crippen LogP contribution in [0.25, 0.3) is 0 Å². The van der Waals surface area contributed by atoms with E-state index in [1.54, 1.807) is 0 Å². The second-order valence-electron chi connectivity index (χ2n) is 8.10. The molecule has 2 rings (SSSR count). The van der Waals surface area contributed by atoms with Gasteiger partial charge in [0.1, 0.15) is 0 Å². The molecule has 0 aromatic carbocycles. The number of piperidine rings is 1. The van der Waals surface area contributed by atoms with E-state index in [2.05, 4.69) is 26.1 Å². The summed E-state index contributed by atoms with van der Waals surface area (Å²) in [5.74, 6) is 0.540. The Bertz CT molecular complexity index is 360. The molecule has 0 spiro atoms. The van der Waals surface area contributed by atoms with E-state index >= 15 is 0 Å². The van der Waals surface area contributed by atoms with E-state index in [1.165, 1.54) is 0 Å². The fraction of sp³-hybridized carbons (Fsp3) is 1.00. The van der Waals surface area contributed by atoms with Gasteiger partial charge in [0.2, 0.25) is 0 Å². The van der Waals surface area contributed by atoms with Crippen LogP contribution in [0.4, 0.5) is 13.2 Å². The van der Waals surface area contributed by atoms with Crippen molar-refractivity contribution in [3.8, 4) is 0 Å². The maximum atomic E-state index is 12.3. The summed E-state index contributed by atoms with van der Waals surface area (Å²) in [7, 11) is 0. The average molecular weight is 336 g/mol. The Labute approximate surface area is 137 Å². The second kappa shape index (κ2) is 7.70. The van der Waals surface area contributed by atoms with Crippen molar-refractivity contribution in [3.63, 3.8) is 0 Å². The standard InChI is InChI=1S/C17H31F3N2O/c1-16(2,3)15-13(6-11-23-15)12-21-14-4-8-22(9-5-14)10-7-17(18,19)20/h13-15,21H,4-12H2,1-3H3/t13-,15+/m1/s1. The highest BCUT2D eigenvalue weighted by molar-refractivity contribution is 4.88. The van der Waals surface area contributed by atoms with Crippen LogP contribution in [0, 0.1) is 11.3 Å². The first-order valence-corrected chi connectivity index (χ1v) is 8.79. The zero-order valence-electron chi connectivity index (χ0n) is 14.6. The summed E-state index contributed by atoms with van der Waals surface area (Å²) >= 11 is 0. The molecule has 23 heavy (non-hydrogen) atoms. The van der Waals surface area contributed by atoms with Crippen LogP contribution in [-0.2, 0) is 4.74 Å². The first-order valence-electron chi connectivity index (χ1n) is 8.79. The smallest absolute Gasteiger partial charge is 0.377 e. The van der Waals surface area contributed by atoms with Gasteiger partial charge in [0.15, 0.2) is 0 Å². The number of nitrogens with zero attached hydrogens (tertiary/aromatic N) is 1. The highest BCUT2D eigenvalue weighted by Gasteiger charge is 2.37. The number of alkyl halides is 3. The molecule has 0 aromatic rings. The molecule has 0 radical (unpaired) electrons. The molecule has 2 fully saturated rings. The van der Waals surface area contributed by atoms with Crippen LogP contribution in [-0.4, -0.2) is 56.0 Å². The molecule has 0 aliphatic carbocycles. The zero-order chi connectivity index (χ0) is 17.1. The number of rotatable bonds is 5. The van der Waals surface area contributed by atoms with Gasteiger partial charge in [0.05, 0.1) is 12.5 Å². The third-order valence-electron chi connectivity index (χ3n) is 5.04. The molecule has 2 aliphatic heterocycles. The van der Waals surface area contributed by atoms with Crippen LogP contribution in [0.15, 0.2) is 0 Å². The maximum absolute atomic E-state index is 12.3. The van der Waals surface area contributed by atoms with Crippen molar-refractivity contribution in [1.82, 2.24) is 10.2 Å². The molecule has 2 heterocycles. The van der Waals surface area contributed by atoms with Crippen molar-refractivity contribution >= 4 is 0 Å². The van der Waals surface area contributed by atoms with Crippen molar-refractivity contribution in [3.05, 3.63) is 0 Å². The minimum absolute atomic E-state index is 0.138. The van der Waals surface area contributed by atoms with Gasteiger partial charge in [-0.25, -0.2) is 0 Å². The molecule has 2 aliphatic rings. The van der Waals surface area contributed by atoms with Crippen molar-refractivity contribution < 1.29 is 17.9 Å². The van der Waals surface area contributed by atoms with Crippen LogP contribution in [0.3, 0.4) is 0 Å². The molecule has 1 N–H and O–H groups in total. The van der Waals surface area contributed by atoms with Gasteiger partial charge < -0.3 is 15.0 Å². The lowest BCUT2D eigenvalue weighted by molar-refractivity contribution is -0.138. The van der Waals surface area contributed by atoms with Gasteiger partial charge in [-0.2, -0.15) is 13.2 Å². The quantitative estimate of drug-likeness (QED) is 0.832. The van der Waals surface area contributed by atoms with Crippen molar-refractivity contribution in [1.29, 1.82) is 0 Å². The summed E-state index contributed by atoms with van der Waals surface area (Å²) in [6, 6.07) is 0.429. The molecule has 0 bridgehead atoms. The fourth-order valence-electron chi connectivity index (χ4n) is 3.76. The molecule has 0 saturated carbocycles. The van der Waals surface area contributed by atoms with Gasteiger partial charge in [-0.15, -0.1) is 0 Å². The summed E-state index contributed by atoms with van der Waals surface area (Å²) < 4.78 is 42.7. The van der Waals surface area contributed by atoms with E-state index in [1.807, 2.05) is 4.90 Å². The lowest BCUT2D eigenvalue weighted by Gasteiger charge is -2.35. The molecule has 2 atom stereocenters. The number of likely N-dealkylation sites (tertiary alicyclic amines) is 1. The average Bonchev–Trinajstić information content (AvgIpc) is 2.92. The van der Waals surface area contributed by atoms with E-state index in [-0.39, 0.29) is 12.0 Å². The fourth-order valence-corrected chi connectivity index (χ4v) is 3.76. The highest BCUT2D eigenvalue weighted by Crippen LogP contribution is 2.34. The lowest BCUT2D eigenvalue weighted by Crippen LogP contribution is -2.46. The zero-order valence-corrected chi connectivity index (χ0v) is 14.6. The molecule has 0 aromatic heterocycles. The highest BCUT2D eigenvalue weighted by atomic mass is 19.4. The van der Waals surface area contributed by atoms with Crippen LogP contribution >= 0.6 is 0 Å². The summed E-state index contributed by atoms with van der Waals surface area (Å²) in [4.78, 5) is 1.93. The lowest BCUT2D eigenvalue weighted by atomic mass is 9.81. The van der Waals surface area contributed by atoms with E-state index in [0.29, 0.717) is 18.1 Å². The molecule has 2 saturated heterocycles. The van der Waals surface area contributed by atoms with Gasteiger partial charge in [0.25, 0.3) is 0 Å². The topological polar surface area (TPSA) is 24.5 Å². The van der Waals surface area contributed by atoms with Crippen molar-refractivity contribution in [2.45, 2.75) is 64.8 Å². The largest absolute Gasteiger partial charge is 0.390 e. The summed E-state index contributed by atoms with van der Waals surface area (Å²) in [5.41, 5.74) is 0.157. The monoisotopic (exact) mass is 336 g/mol.